The van der Waals surface area contributed by atoms with Gasteiger partial charge in [-0.15, -0.1) is 11.3 Å². The average molecular weight is 295 g/mol. The molecule has 2 aliphatic rings. The SMILES string of the molecule is CCCNCc1csc(N2CCOC3CCCCC32)n1. The average Bonchev–Trinajstić information content (AvgIpc) is 2.96. The van der Waals surface area contributed by atoms with Gasteiger partial charge in [0.25, 0.3) is 0 Å². The van der Waals surface area contributed by atoms with E-state index in [-0.39, 0.29) is 0 Å². The van der Waals surface area contributed by atoms with Gasteiger partial charge in [0.05, 0.1) is 24.4 Å². The van der Waals surface area contributed by atoms with Crippen LogP contribution in [0.2, 0.25) is 0 Å². The molecule has 1 saturated heterocycles. The number of fused-ring (bicyclic) bond motifs is 1. The van der Waals surface area contributed by atoms with Crippen LogP contribution in [0.3, 0.4) is 0 Å². The Morgan fingerprint density at radius 2 is 2.35 bits per heavy atom. The van der Waals surface area contributed by atoms with Crippen LogP contribution in [-0.2, 0) is 11.3 Å². The Balaban J connectivity index is 1.65. The molecule has 20 heavy (non-hydrogen) atoms. The molecular weight excluding hydrogens is 270 g/mol. The van der Waals surface area contributed by atoms with E-state index in [0.29, 0.717) is 12.1 Å². The van der Waals surface area contributed by atoms with Crippen molar-refractivity contribution in [3.63, 3.8) is 0 Å². The number of ether oxygens (including phenoxy) is 1. The quantitative estimate of drug-likeness (QED) is 0.848. The molecule has 1 aromatic rings. The second-order valence-electron chi connectivity index (χ2n) is 5.75. The van der Waals surface area contributed by atoms with Crippen molar-refractivity contribution in [1.82, 2.24) is 10.3 Å². The lowest BCUT2D eigenvalue weighted by Gasteiger charge is -2.43. The molecule has 1 aliphatic heterocycles. The normalized spacial score (nSPS) is 26.6. The molecule has 2 heterocycles. The number of nitrogens with zero attached hydrogens (tertiary/aromatic N) is 2. The minimum absolute atomic E-state index is 0.433. The molecular formula is C15H25N3OS. The molecule has 0 aromatic carbocycles. The highest BCUT2D eigenvalue weighted by Gasteiger charge is 2.35. The highest BCUT2D eigenvalue weighted by molar-refractivity contribution is 7.13. The third-order valence-electron chi connectivity index (χ3n) is 4.25. The Labute approximate surface area is 125 Å². The van der Waals surface area contributed by atoms with Gasteiger partial charge in [0.2, 0.25) is 0 Å². The molecule has 0 amide bonds. The fraction of sp³-hybridized carbons (Fsp3) is 0.800. The van der Waals surface area contributed by atoms with E-state index in [9.17, 15) is 0 Å². The van der Waals surface area contributed by atoms with Crippen molar-refractivity contribution in [2.45, 2.75) is 57.7 Å². The zero-order valence-corrected chi connectivity index (χ0v) is 13.1. The maximum atomic E-state index is 5.94. The van der Waals surface area contributed by atoms with Gasteiger partial charge in [0.15, 0.2) is 5.13 Å². The van der Waals surface area contributed by atoms with Crippen LogP contribution in [0, 0.1) is 0 Å². The van der Waals surface area contributed by atoms with Crippen molar-refractivity contribution in [3.05, 3.63) is 11.1 Å². The molecule has 0 bridgehead atoms. The lowest BCUT2D eigenvalue weighted by Crippen LogP contribution is -2.52. The Morgan fingerprint density at radius 1 is 1.45 bits per heavy atom. The van der Waals surface area contributed by atoms with Crippen molar-refractivity contribution in [2.75, 3.05) is 24.6 Å². The Bertz CT molecular complexity index is 421. The van der Waals surface area contributed by atoms with E-state index in [2.05, 4.69) is 22.5 Å². The van der Waals surface area contributed by atoms with E-state index in [1.54, 1.807) is 11.3 Å². The lowest BCUT2D eigenvalue weighted by atomic mass is 9.90. The van der Waals surface area contributed by atoms with Crippen LogP contribution < -0.4 is 10.2 Å². The van der Waals surface area contributed by atoms with Crippen LogP contribution in [-0.4, -0.2) is 36.8 Å². The molecule has 2 unspecified atom stereocenters. The summed E-state index contributed by atoms with van der Waals surface area (Å²) in [6.45, 7) is 6.00. The molecule has 0 spiro atoms. The predicted octanol–water partition coefficient (Wildman–Crippen LogP) is 2.79. The van der Waals surface area contributed by atoms with Crippen LogP contribution in [0.25, 0.3) is 0 Å². The van der Waals surface area contributed by atoms with Gasteiger partial charge < -0.3 is 15.0 Å². The molecule has 1 aliphatic carbocycles. The first-order valence-electron chi connectivity index (χ1n) is 7.92. The van der Waals surface area contributed by atoms with Crippen molar-refractivity contribution < 1.29 is 4.74 Å². The summed E-state index contributed by atoms with van der Waals surface area (Å²) in [6, 6.07) is 0.556. The summed E-state index contributed by atoms with van der Waals surface area (Å²) in [5.74, 6) is 0. The maximum Gasteiger partial charge on any atom is 0.185 e. The highest BCUT2D eigenvalue weighted by atomic mass is 32.1. The predicted molar refractivity (Wildman–Crippen MR) is 83.5 cm³/mol. The minimum atomic E-state index is 0.433. The van der Waals surface area contributed by atoms with Gasteiger partial charge in [0, 0.05) is 18.5 Å². The zero-order chi connectivity index (χ0) is 13.8. The van der Waals surface area contributed by atoms with Gasteiger partial charge in [0.1, 0.15) is 0 Å². The van der Waals surface area contributed by atoms with Crippen molar-refractivity contribution in [2.24, 2.45) is 0 Å². The monoisotopic (exact) mass is 295 g/mol. The number of thiazole rings is 1. The van der Waals surface area contributed by atoms with Crippen LogP contribution in [0.5, 0.6) is 0 Å². The first-order chi connectivity index (χ1) is 9.88. The summed E-state index contributed by atoms with van der Waals surface area (Å²) in [6.07, 6.45) is 6.73. The molecule has 2 fully saturated rings. The van der Waals surface area contributed by atoms with E-state index >= 15 is 0 Å². The topological polar surface area (TPSA) is 37.4 Å². The first-order valence-corrected chi connectivity index (χ1v) is 8.80. The zero-order valence-electron chi connectivity index (χ0n) is 12.3. The van der Waals surface area contributed by atoms with Gasteiger partial charge in [-0.2, -0.15) is 0 Å². The van der Waals surface area contributed by atoms with E-state index in [1.165, 1.54) is 42.9 Å². The number of nitrogens with one attached hydrogen (secondary N) is 1. The fourth-order valence-electron chi connectivity index (χ4n) is 3.24. The standard InChI is InChI=1S/C15H25N3OS/c1-2-7-16-10-12-11-20-15(17-12)18-8-9-19-14-6-4-3-5-13(14)18/h11,13-14,16H,2-10H2,1H3. The third kappa shape index (κ3) is 3.15. The smallest absolute Gasteiger partial charge is 0.185 e. The van der Waals surface area contributed by atoms with Gasteiger partial charge >= 0.3 is 0 Å². The third-order valence-corrected chi connectivity index (χ3v) is 5.18. The Hall–Kier alpha value is -0.650. The van der Waals surface area contributed by atoms with Crippen molar-refractivity contribution in [3.8, 4) is 0 Å². The Morgan fingerprint density at radius 3 is 3.25 bits per heavy atom. The van der Waals surface area contributed by atoms with E-state index in [0.717, 1.165) is 26.2 Å². The molecule has 1 saturated carbocycles. The lowest BCUT2D eigenvalue weighted by molar-refractivity contribution is -0.00869. The summed E-state index contributed by atoms with van der Waals surface area (Å²) in [5, 5.41) is 6.82. The first kappa shape index (κ1) is 14.3. The fourth-order valence-corrected chi connectivity index (χ4v) is 4.15. The highest BCUT2D eigenvalue weighted by Crippen LogP contribution is 2.33. The van der Waals surface area contributed by atoms with Gasteiger partial charge in [-0.05, 0) is 25.8 Å². The number of morpholine rings is 1. The summed E-state index contributed by atoms with van der Waals surface area (Å²) in [4.78, 5) is 7.32. The molecule has 1 N–H and O–H groups in total. The van der Waals surface area contributed by atoms with Gasteiger partial charge in [-0.25, -0.2) is 4.98 Å². The molecule has 0 radical (unpaired) electrons. The summed E-state index contributed by atoms with van der Waals surface area (Å²) in [7, 11) is 0. The number of hydrogen-bond acceptors (Lipinski definition) is 5. The number of hydrogen-bond donors (Lipinski definition) is 1. The molecule has 2 atom stereocenters. The van der Waals surface area contributed by atoms with Crippen LogP contribution >= 0.6 is 11.3 Å². The second kappa shape index (κ2) is 6.87. The van der Waals surface area contributed by atoms with Gasteiger partial charge in [-0.1, -0.05) is 19.8 Å². The Kier molecular flexibility index (Phi) is 4.91. The molecule has 112 valence electrons. The van der Waals surface area contributed by atoms with E-state index in [1.807, 2.05) is 0 Å². The molecule has 4 nitrogen and oxygen atoms in total. The van der Waals surface area contributed by atoms with Crippen molar-refractivity contribution >= 4 is 16.5 Å². The van der Waals surface area contributed by atoms with Crippen LogP contribution in [0.4, 0.5) is 5.13 Å². The van der Waals surface area contributed by atoms with E-state index in [4.69, 9.17) is 9.72 Å². The van der Waals surface area contributed by atoms with Crippen molar-refractivity contribution in [1.29, 1.82) is 0 Å². The molecule has 5 heteroatoms. The van der Waals surface area contributed by atoms with Gasteiger partial charge in [-0.3, -0.25) is 0 Å². The van der Waals surface area contributed by atoms with Crippen LogP contribution in [0.1, 0.15) is 44.7 Å². The second-order valence-corrected chi connectivity index (χ2v) is 6.59. The maximum absolute atomic E-state index is 5.94. The number of aromatic nitrogens is 1. The summed E-state index contributed by atoms with van der Waals surface area (Å²) < 4.78 is 5.94. The molecule has 3 rings (SSSR count). The largest absolute Gasteiger partial charge is 0.374 e. The number of anilines is 1. The van der Waals surface area contributed by atoms with Crippen LogP contribution in [0.15, 0.2) is 5.38 Å². The summed E-state index contributed by atoms with van der Waals surface area (Å²) >= 11 is 1.79. The minimum Gasteiger partial charge on any atom is -0.374 e. The molecule has 1 aromatic heterocycles. The van der Waals surface area contributed by atoms with E-state index < -0.39 is 0 Å². The number of rotatable bonds is 5. The summed E-state index contributed by atoms with van der Waals surface area (Å²) in [5.41, 5.74) is 1.18.